The van der Waals surface area contributed by atoms with E-state index in [1.54, 1.807) is 0 Å². The van der Waals surface area contributed by atoms with Crippen LogP contribution in [0.1, 0.15) is 32.0 Å². The molecule has 3 N–H and O–H groups in total. The number of ether oxygens (including phenoxy) is 2. The monoisotopic (exact) mass is 268 g/mol. The Morgan fingerprint density at radius 1 is 1.58 bits per heavy atom. The first-order valence-corrected chi connectivity index (χ1v) is 6.94. The van der Waals surface area contributed by atoms with Crippen LogP contribution in [-0.2, 0) is 15.9 Å². The number of hydrogen-bond donors (Lipinski definition) is 2. The van der Waals surface area contributed by atoms with Crippen LogP contribution in [0, 0.1) is 0 Å². The second-order valence-electron chi connectivity index (χ2n) is 5.01. The maximum absolute atomic E-state index is 5.68. The van der Waals surface area contributed by atoms with E-state index in [9.17, 15) is 0 Å². The Morgan fingerprint density at radius 3 is 3.05 bits per heavy atom. The summed E-state index contributed by atoms with van der Waals surface area (Å²) in [5.41, 5.74) is 3.84. The topological polar surface area (TPSA) is 74.3 Å². The summed E-state index contributed by atoms with van der Waals surface area (Å²) >= 11 is 0. The van der Waals surface area contributed by atoms with E-state index < -0.39 is 0 Å². The number of nitrogens with one attached hydrogen (secondary N) is 1. The first-order valence-electron chi connectivity index (χ1n) is 6.94. The molecule has 0 saturated carbocycles. The maximum Gasteiger partial charge on any atom is 0.0979 e. The average molecular weight is 268 g/mol. The van der Waals surface area contributed by atoms with Gasteiger partial charge in [0.2, 0.25) is 0 Å². The SMILES string of the molecule is CCC(C)n1ccc(CC(NN)C2COCCO2)n1. The minimum Gasteiger partial charge on any atom is -0.376 e. The third kappa shape index (κ3) is 3.76. The predicted molar refractivity (Wildman–Crippen MR) is 72.6 cm³/mol. The normalized spacial score (nSPS) is 23.2. The number of hydrogen-bond acceptors (Lipinski definition) is 5. The summed E-state index contributed by atoms with van der Waals surface area (Å²) in [5.74, 6) is 5.62. The molecule has 3 atom stereocenters. The summed E-state index contributed by atoms with van der Waals surface area (Å²) in [6.07, 6.45) is 3.83. The molecule has 1 aliphatic rings. The van der Waals surface area contributed by atoms with Gasteiger partial charge in [-0.3, -0.25) is 16.0 Å². The van der Waals surface area contributed by atoms with Crippen molar-refractivity contribution in [2.24, 2.45) is 5.84 Å². The summed E-state index contributed by atoms with van der Waals surface area (Å²) in [4.78, 5) is 0. The molecule has 2 rings (SSSR count). The van der Waals surface area contributed by atoms with Crippen LogP contribution in [0.25, 0.3) is 0 Å². The van der Waals surface area contributed by atoms with Crippen molar-refractivity contribution in [1.29, 1.82) is 0 Å². The molecule has 1 fully saturated rings. The predicted octanol–water partition coefficient (Wildman–Crippen LogP) is 0.644. The van der Waals surface area contributed by atoms with Gasteiger partial charge in [-0.05, 0) is 19.4 Å². The molecule has 1 aromatic rings. The Balaban J connectivity index is 1.95. The minimum atomic E-state index is -0.00695. The molecule has 19 heavy (non-hydrogen) atoms. The molecule has 1 aromatic heterocycles. The Hall–Kier alpha value is -0.950. The molecule has 1 saturated heterocycles. The number of hydrazine groups is 1. The second-order valence-corrected chi connectivity index (χ2v) is 5.01. The molecular formula is C13H24N4O2. The molecule has 6 nitrogen and oxygen atoms in total. The summed E-state index contributed by atoms with van der Waals surface area (Å²) in [6.45, 7) is 6.19. The largest absolute Gasteiger partial charge is 0.376 e. The van der Waals surface area contributed by atoms with Crippen LogP contribution >= 0.6 is 0 Å². The Bertz CT molecular complexity index is 376. The lowest BCUT2D eigenvalue weighted by molar-refractivity contribution is -0.101. The van der Waals surface area contributed by atoms with E-state index in [-0.39, 0.29) is 12.1 Å². The number of aromatic nitrogens is 2. The van der Waals surface area contributed by atoms with E-state index >= 15 is 0 Å². The van der Waals surface area contributed by atoms with E-state index in [0.717, 1.165) is 18.5 Å². The third-order valence-corrected chi connectivity index (χ3v) is 3.64. The van der Waals surface area contributed by atoms with Crippen molar-refractivity contribution < 1.29 is 9.47 Å². The van der Waals surface area contributed by atoms with E-state index in [0.29, 0.717) is 25.9 Å². The van der Waals surface area contributed by atoms with Crippen LogP contribution in [0.15, 0.2) is 12.3 Å². The Morgan fingerprint density at radius 2 is 2.42 bits per heavy atom. The fraction of sp³-hybridized carbons (Fsp3) is 0.769. The van der Waals surface area contributed by atoms with Crippen molar-refractivity contribution in [3.05, 3.63) is 18.0 Å². The highest BCUT2D eigenvalue weighted by Gasteiger charge is 2.25. The van der Waals surface area contributed by atoms with E-state index in [4.69, 9.17) is 15.3 Å². The fourth-order valence-corrected chi connectivity index (χ4v) is 2.18. The van der Waals surface area contributed by atoms with Crippen molar-refractivity contribution in [1.82, 2.24) is 15.2 Å². The first kappa shape index (κ1) is 14.5. The Kier molecular flexibility index (Phi) is 5.33. The first-order chi connectivity index (χ1) is 9.24. The summed E-state index contributed by atoms with van der Waals surface area (Å²) < 4.78 is 13.1. The zero-order valence-corrected chi connectivity index (χ0v) is 11.7. The van der Waals surface area contributed by atoms with Crippen LogP contribution < -0.4 is 11.3 Å². The van der Waals surface area contributed by atoms with Crippen LogP contribution in [0.4, 0.5) is 0 Å². The van der Waals surface area contributed by atoms with Crippen molar-refractivity contribution in [2.75, 3.05) is 19.8 Å². The summed E-state index contributed by atoms with van der Waals surface area (Å²) in [5, 5.41) is 4.59. The Labute approximate surface area is 114 Å². The molecule has 0 radical (unpaired) electrons. The van der Waals surface area contributed by atoms with Crippen LogP contribution in [0.2, 0.25) is 0 Å². The lowest BCUT2D eigenvalue weighted by Crippen LogP contribution is -2.50. The lowest BCUT2D eigenvalue weighted by Gasteiger charge is -2.29. The smallest absolute Gasteiger partial charge is 0.0979 e. The van der Waals surface area contributed by atoms with Gasteiger partial charge in [0.05, 0.1) is 37.7 Å². The molecule has 0 amide bonds. The fourth-order valence-electron chi connectivity index (χ4n) is 2.18. The van der Waals surface area contributed by atoms with Gasteiger partial charge in [-0.25, -0.2) is 0 Å². The maximum atomic E-state index is 5.68. The van der Waals surface area contributed by atoms with Gasteiger partial charge in [-0.2, -0.15) is 5.10 Å². The lowest BCUT2D eigenvalue weighted by atomic mass is 10.1. The van der Waals surface area contributed by atoms with Crippen molar-refractivity contribution >= 4 is 0 Å². The minimum absolute atomic E-state index is 0.00695. The number of nitrogens with two attached hydrogens (primary N) is 1. The van der Waals surface area contributed by atoms with Gasteiger partial charge >= 0.3 is 0 Å². The van der Waals surface area contributed by atoms with E-state index in [1.165, 1.54) is 0 Å². The molecular weight excluding hydrogens is 244 g/mol. The molecule has 0 spiro atoms. The molecule has 0 bridgehead atoms. The van der Waals surface area contributed by atoms with Gasteiger partial charge in [0.1, 0.15) is 0 Å². The highest BCUT2D eigenvalue weighted by Crippen LogP contribution is 2.13. The zero-order chi connectivity index (χ0) is 13.7. The van der Waals surface area contributed by atoms with Gasteiger partial charge in [0, 0.05) is 18.7 Å². The van der Waals surface area contributed by atoms with E-state index in [2.05, 4.69) is 24.4 Å². The van der Waals surface area contributed by atoms with Crippen LogP contribution in [0.3, 0.4) is 0 Å². The van der Waals surface area contributed by atoms with Gasteiger partial charge < -0.3 is 9.47 Å². The molecule has 6 heteroatoms. The molecule has 3 unspecified atom stereocenters. The van der Waals surface area contributed by atoms with Crippen molar-refractivity contribution in [3.63, 3.8) is 0 Å². The summed E-state index contributed by atoms with van der Waals surface area (Å²) in [7, 11) is 0. The number of nitrogens with zero attached hydrogens (tertiary/aromatic N) is 2. The zero-order valence-electron chi connectivity index (χ0n) is 11.7. The van der Waals surface area contributed by atoms with Crippen molar-refractivity contribution in [2.45, 2.75) is 44.9 Å². The van der Waals surface area contributed by atoms with Crippen molar-refractivity contribution in [3.8, 4) is 0 Å². The summed E-state index contributed by atoms with van der Waals surface area (Å²) in [6, 6.07) is 2.49. The molecule has 2 heterocycles. The van der Waals surface area contributed by atoms with Crippen LogP contribution in [0.5, 0.6) is 0 Å². The van der Waals surface area contributed by atoms with Gasteiger partial charge in [-0.15, -0.1) is 0 Å². The standard InChI is InChI=1S/C13H24N4O2/c1-3-10(2)17-5-4-11(16-17)8-12(15-14)13-9-18-6-7-19-13/h4-5,10,12-13,15H,3,6-9,14H2,1-2H3. The third-order valence-electron chi connectivity index (χ3n) is 3.64. The van der Waals surface area contributed by atoms with Crippen LogP contribution in [-0.4, -0.2) is 41.7 Å². The number of rotatable bonds is 6. The van der Waals surface area contributed by atoms with E-state index in [1.807, 2.05) is 16.9 Å². The average Bonchev–Trinajstić information content (AvgIpc) is 2.93. The molecule has 1 aliphatic heterocycles. The molecule has 0 aromatic carbocycles. The van der Waals surface area contributed by atoms with Gasteiger partial charge in [0.15, 0.2) is 0 Å². The van der Waals surface area contributed by atoms with Gasteiger partial charge in [0.25, 0.3) is 0 Å². The highest BCUT2D eigenvalue weighted by molar-refractivity contribution is 5.03. The molecule has 0 aliphatic carbocycles. The quantitative estimate of drug-likeness (QED) is 0.585. The second kappa shape index (κ2) is 7.00. The molecule has 108 valence electrons. The highest BCUT2D eigenvalue weighted by atomic mass is 16.6. The van der Waals surface area contributed by atoms with Gasteiger partial charge in [-0.1, -0.05) is 6.92 Å².